The normalized spacial score (nSPS) is 11.1. The molecule has 0 fully saturated rings. The summed E-state index contributed by atoms with van der Waals surface area (Å²) in [5.74, 6) is 1.28. The molecule has 2 heterocycles. The van der Waals surface area contributed by atoms with Gasteiger partial charge in [0.1, 0.15) is 17.0 Å². The van der Waals surface area contributed by atoms with Crippen molar-refractivity contribution in [3.8, 4) is 17.3 Å². The van der Waals surface area contributed by atoms with Crippen molar-refractivity contribution >= 4 is 22.4 Å². The van der Waals surface area contributed by atoms with Gasteiger partial charge in [0, 0.05) is 17.9 Å². The van der Waals surface area contributed by atoms with Gasteiger partial charge < -0.3 is 14.9 Å². The van der Waals surface area contributed by atoms with Crippen molar-refractivity contribution in [2.24, 2.45) is 5.73 Å². The standard InChI is InChI=1S/C13H13N3O2S/c1-17-8-2-3-9-11(6-8)18-13(16-9)10-7-19-12(15-10)4-5-14/h2-3,6-7H,4-5,14H2,1H3. The van der Waals surface area contributed by atoms with E-state index in [1.807, 2.05) is 23.6 Å². The quantitative estimate of drug-likeness (QED) is 0.791. The van der Waals surface area contributed by atoms with E-state index in [0.29, 0.717) is 18.0 Å². The second-order valence-corrected chi connectivity index (χ2v) is 4.96. The Kier molecular flexibility index (Phi) is 3.18. The van der Waals surface area contributed by atoms with Crippen molar-refractivity contribution in [1.82, 2.24) is 9.97 Å². The number of fused-ring (bicyclic) bond motifs is 1. The van der Waals surface area contributed by atoms with Gasteiger partial charge in [-0.25, -0.2) is 9.97 Å². The van der Waals surface area contributed by atoms with E-state index in [4.69, 9.17) is 14.9 Å². The van der Waals surface area contributed by atoms with Crippen molar-refractivity contribution in [3.05, 3.63) is 28.6 Å². The van der Waals surface area contributed by atoms with E-state index in [9.17, 15) is 0 Å². The average Bonchev–Trinajstić information content (AvgIpc) is 3.03. The lowest BCUT2D eigenvalue weighted by Crippen LogP contribution is -2.01. The number of aromatic nitrogens is 2. The monoisotopic (exact) mass is 275 g/mol. The van der Waals surface area contributed by atoms with E-state index in [0.717, 1.165) is 28.4 Å². The van der Waals surface area contributed by atoms with Crippen LogP contribution < -0.4 is 10.5 Å². The molecule has 0 radical (unpaired) electrons. The van der Waals surface area contributed by atoms with Crippen LogP contribution in [0.15, 0.2) is 28.0 Å². The van der Waals surface area contributed by atoms with E-state index < -0.39 is 0 Å². The number of hydrogen-bond donors (Lipinski definition) is 1. The molecule has 0 saturated heterocycles. The third-order valence-corrected chi connectivity index (χ3v) is 3.63. The molecule has 0 unspecified atom stereocenters. The molecule has 3 rings (SSSR count). The smallest absolute Gasteiger partial charge is 0.247 e. The van der Waals surface area contributed by atoms with Gasteiger partial charge in [0.15, 0.2) is 5.58 Å². The van der Waals surface area contributed by atoms with E-state index in [1.165, 1.54) is 0 Å². The van der Waals surface area contributed by atoms with Gasteiger partial charge in [-0.2, -0.15) is 0 Å². The second-order valence-electron chi connectivity index (χ2n) is 4.02. The number of methoxy groups -OCH3 is 1. The van der Waals surface area contributed by atoms with Crippen LogP contribution in [-0.4, -0.2) is 23.6 Å². The van der Waals surface area contributed by atoms with Gasteiger partial charge in [-0.05, 0) is 18.7 Å². The number of benzene rings is 1. The maximum Gasteiger partial charge on any atom is 0.247 e. The number of nitrogens with two attached hydrogens (primary N) is 1. The summed E-state index contributed by atoms with van der Waals surface area (Å²) in [7, 11) is 1.62. The third kappa shape index (κ3) is 2.32. The van der Waals surface area contributed by atoms with Gasteiger partial charge in [-0.3, -0.25) is 0 Å². The highest BCUT2D eigenvalue weighted by atomic mass is 32.1. The molecule has 0 saturated carbocycles. The predicted molar refractivity (Wildman–Crippen MR) is 74.4 cm³/mol. The summed E-state index contributed by atoms with van der Waals surface area (Å²) in [6.07, 6.45) is 0.777. The highest BCUT2D eigenvalue weighted by molar-refractivity contribution is 7.09. The van der Waals surface area contributed by atoms with Crippen LogP contribution in [0, 0.1) is 0 Å². The highest BCUT2D eigenvalue weighted by Gasteiger charge is 2.12. The molecule has 0 aliphatic heterocycles. The van der Waals surface area contributed by atoms with Crippen molar-refractivity contribution in [2.75, 3.05) is 13.7 Å². The van der Waals surface area contributed by atoms with Gasteiger partial charge in [-0.1, -0.05) is 0 Å². The largest absolute Gasteiger partial charge is 0.497 e. The molecule has 19 heavy (non-hydrogen) atoms. The minimum atomic E-state index is 0.530. The summed E-state index contributed by atoms with van der Waals surface area (Å²) in [4.78, 5) is 8.88. The Morgan fingerprint density at radius 3 is 3.05 bits per heavy atom. The zero-order valence-corrected chi connectivity index (χ0v) is 11.2. The van der Waals surface area contributed by atoms with Gasteiger partial charge >= 0.3 is 0 Å². The molecule has 1 aromatic carbocycles. The number of oxazole rings is 1. The molecule has 2 aromatic heterocycles. The van der Waals surface area contributed by atoms with Crippen LogP contribution in [0.5, 0.6) is 5.75 Å². The number of rotatable bonds is 4. The number of thiazole rings is 1. The molecule has 3 aromatic rings. The fourth-order valence-corrected chi connectivity index (χ4v) is 2.58. The molecular formula is C13H13N3O2S. The molecule has 5 nitrogen and oxygen atoms in total. The lowest BCUT2D eigenvalue weighted by Gasteiger charge is -1.95. The molecule has 0 aliphatic rings. The Hall–Kier alpha value is -1.92. The molecule has 0 amide bonds. The SMILES string of the molecule is COc1ccc2nc(-c3csc(CCN)n3)oc2c1. The van der Waals surface area contributed by atoms with Gasteiger partial charge in [0.25, 0.3) is 0 Å². The summed E-state index contributed by atoms with van der Waals surface area (Å²) in [6.45, 7) is 0.595. The number of ether oxygens (including phenoxy) is 1. The van der Waals surface area contributed by atoms with Crippen LogP contribution >= 0.6 is 11.3 Å². The zero-order chi connectivity index (χ0) is 13.2. The lowest BCUT2D eigenvalue weighted by molar-refractivity contribution is 0.414. The third-order valence-electron chi connectivity index (χ3n) is 2.72. The molecule has 0 atom stereocenters. The molecular weight excluding hydrogens is 262 g/mol. The first kappa shape index (κ1) is 12.1. The Labute approximate surface area is 114 Å². The first-order valence-electron chi connectivity index (χ1n) is 5.89. The fourth-order valence-electron chi connectivity index (χ4n) is 1.79. The fraction of sp³-hybridized carbons (Fsp3) is 0.231. The zero-order valence-electron chi connectivity index (χ0n) is 10.4. The van der Waals surface area contributed by atoms with E-state index in [2.05, 4.69) is 9.97 Å². The summed E-state index contributed by atoms with van der Waals surface area (Å²) in [6, 6.07) is 5.54. The van der Waals surface area contributed by atoms with Crippen LogP contribution in [0.3, 0.4) is 0 Å². The molecule has 0 bridgehead atoms. The first-order valence-corrected chi connectivity index (χ1v) is 6.77. The number of hydrogen-bond acceptors (Lipinski definition) is 6. The van der Waals surface area contributed by atoms with E-state index in [-0.39, 0.29) is 0 Å². The van der Waals surface area contributed by atoms with Crippen molar-refractivity contribution in [3.63, 3.8) is 0 Å². The summed E-state index contributed by atoms with van der Waals surface area (Å²) in [5, 5.41) is 2.93. The minimum absolute atomic E-state index is 0.530. The van der Waals surface area contributed by atoms with Gasteiger partial charge in [-0.15, -0.1) is 11.3 Å². The second kappa shape index (κ2) is 4.99. The molecule has 98 valence electrons. The van der Waals surface area contributed by atoms with Crippen LogP contribution in [0.4, 0.5) is 0 Å². The Morgan fingerprint density at radius 2 is 2.26 bits per heavy atom. The summed E-state index contributed by atoms with van der Waals surface area (Å²) < 4.78 is 10.9. The Bertz CT molecular complexity index is 705. The molecule has 6 heteroatoms. The maximum absolute atomic E-state index is 5.71. The van der Waals surface area contributed by atoms with E-state index >= 15 is 0 Å². The van der Waals surface area contributed by atoms with E-state index in [1.54, 1.807) is 18.4 Å². The van der Waals surface area contributed by atoms with Gasteiger partial charge in [0.05, 0.1) is 12.1 Å². The summed E-state index contributed by atoms with van der Waals surface area (Å²) >= 11 is 1.57. The lowest BCUT2D eigenvalue weighted by atomic mass is 10.3. The topological polar surface area (TPSA) is 74.2 Å². The minimum Gasteiger partial charge on any atom is -0.497 e. The van der Waals surface area contributed by atoms with Crippen LogP contribution in [0.25, 0.3) is 22.7 Å². The molecule has 2 N–H and O–H groups in total. The molecule has 0 aliphatic carbocycles. The highest BCUT2D eigenvalue weighted by Crippen LogP contribution is 2.27. The van der Waals surface area contributed by atoms with Crippen LogP contribution in [-0.2, 0) is 6.42 Å². The van der Waals surface area contributed by atoms with Crippen LogP contribution in [0.1, 0.15) is 5.01 Å². The maximum atomic E-state index is 5.71. The van der Waals surface area contributed by atoms with Crippen LogP contribution in [0.2, 0.25) is 0 Å². The van der Waals surface area contributed by atoms with Gasteiger partial charge in [0.2, 0.25) is 5.89 Å². The first-order chi connectivity index (χ1) is 9.30. The van der Waals surface area contributed by atoms with Crippen molar-refractivity contribution in [2.45, 2.75) is 6.42 Å². The summed E-state index contributed by atoms with van der Waals surface area (Å²) in [5.41, 5.74) is 7.76. The average molecular weight is 275 g/mol. The Morgan fingerprint density at radius 1 is 1.37 bits per heavy atom. The number of nitrogens with zero attached hydrogens (tertiary/aromatic N) is 2. The Balaban J connectivity index is 1.99. The predicted octanol–water partition coefficient (Wildman–Crippen LogP) is 2.46. The molecule has 0 spiro atoms. The van der Waals surface area contributed by atoms with Crippen molar-refractivity contribution in [1.29, 1.82) is 0 Å². The van der Waals surface area contributed by atoms with Crippen molar-refractivity contribution < 1.29 is 9.15 Å².